The van der Waals surface area contributed by atoms with Crippen LogP contribution in [-0.2, 0) is 0 Å². The summed E-state index contributed by atoms with van der Waals surface area (Å²) < 4.78 is 41.1. The van der Waals surface area contributed by atoms with Crippen LogP contribution in [0, 0.1) is 17.5 Å². The molecule has 0 saturated heterocycles. The normalized spacial score (nSPS) is 10.5. The van der Waals surface area contributed by atoms with Gasteiger partial charge in [-0.15, -0.1) is 0 Å². The maximum absolute atomic E-state index is 13.8. The molecule has 0 fully saturated rings. The van der Waals surface area contributed by atoms with Crippen molar-refractivity contribution in [2.45, 2.75) is 0 Å². The maximum atomic E-state index is 13.8. The lowest BCUT2D eigenvalue weighted by atomic mass is 10.1. The summed E-state index contributed by atoms with van der Waals surface area (Å²) in [6.07, 6.45) is 0.855. The van der Waals surface area contributed by atoms with Gasteiger partial charge in [0.15, 0.2) is 5.82 Å². The molecule has 18 heavy (non-hydrogen) atoms. The van der Waals surface area contributed by atoms with Crippen LogP contribution in [0.15, 0.2) is 22.8 Å². The maximum Gasteiger partial charge on any atom is 0.223 e. The van der Waals surface area contributed by atoms with Gasteiger partial charge >= 0.3 is 0 Å². The largest absolute Gasteiger partial charge is 0.357 e. The van der Waals surface area contributed by atoms with Crippen LogP contribution in [0.1, 0.15) is 0 Å². The molecule has 0 aliphatic heterocycles. The average Bonchev–Trinajstić information content (AvgIpc) is 2.36. The molecule has 2 rings (SSSR count). The van der Waals surface area contributed by atoms with Crippen molar-refractivity contribution in [2.75, 3.05) is 12.4 Å². The Morgan fingerprint density at radius 1 is 1.17 bits per heavy atom. The molecule has 3 nitrogen and oxygen atoms in total. The standard InChI is InChI=1S/C11H7BrF3N3/c1-16-11-17-4-7(14)10(18-11)8-6(13)3-2-5(12)9(8)15/h2-4H,1H3,(H,16,17,18). The predicted molar refractivity (Wildman–Crippen MR) is 64.6 cm³/mol. The van der Waals surface area contributed by atoms with Crippen LogP contribution in [0.5, 0.6) is 0 Å². The number of benzene rings is 1. The number of rotatable bonds is 2. The highest BCUT2D eigenvalue weighted by Gasteiger charge is 2.20. The van der Waals surface area contributed by atoms with Gasteiger partial charge in [0.2, 0.25) is 5.95 Å². The van der Waals surface area contributed by atoms with Gasteiger partial charge in [0.1, 0.15) is 17.3 Å². The van der Waals surface area contributed by atoms with Crippen LogP contribution in [0.25, 0.3) is 11.3 Å². The number of aromatic nitrogens is 2. The van der Waals surface area contributed by atoms with Gasteiger partial charge in [-0.25, -0.2) is 23.1 Å². The van der Waals surface area contributed by atoms with E-state index in [0.29, 0.717) is 0 Å². The molecule has 0 saturated carbocycles. The third-order valence-electron chi connectivity index (χ3n) is 2.25. The number of hydrogen-bond acceptors (Lipinski definition) is 3. The van der Waals surface area contributed by atoms with Crippen molar-refractivity contribution in [1.29, 1.82) is 0 Å². The van der Waals surface area contributed by atoms with E-state index in [2.05, 4.69) is 31.2 Å². The average molecular weight is 318 g/mol. The third kappa shape index (κ3) is 2.17. The Hall–Kier alpha value is -1.63. The Morgan fingerprint density at radius 2 is 1.89 bits per heavy atom. The second-order valence-electron chi connectivity index (χ2n) is 3.36. The molecular formula is C11H7BrF3N3. The van der Waals surface area contributed by atoms with Crippen molar-refractivity contribution in [3.63, 3.8) is 0 Å². The Labute approximate surface area is 109 Å². The van der Waals surface area contributed by atoms with Gasteiger partial charge in [0.05, 0.1) is 16.2 Å². The lowest BCUT2D eigenvalue weighted by Crippen LogP contribution is -2.02. The van der Waals surface area contributed by atoms with E-state index in [-0.39, 0.29) is 10.4 Å². The van der Waals surface area contributed by atoms with Gasteiger partial charge in [-0.2, -0.15) is 0 Å². The minimum Gasteiger partial charge on any atom is -0.357 e. The summed E-state index contributed by atoms with van der Waals surface area (Å²) in [5, 5.41) is 2.57. The minimum absolute atomic E-state index is 0.0305. The van der Waals surface area contributed by atoms with E-state index in [0.717, 1.165) is 12.3 Å². The zero-order chi connectivity index (χ0) is 13.3. The van der Waals surface area contributed by atoms with Crippen molar-refractivity contribution in [2.24, 2.45) is 0 Å². The highest BCUT2D eigenvalue weighted by Crippen LogP contribution is 2.31. The van der Waals surface area contributed by atoms with Crippen molar-refractivity contribution in [3.8, 4) is 11.3 Å². The van der Waals surface area contributed by atoms with Crippen LogP contribution >= 0.6 is 15.9 Å². The van der Waals surface area contributed by atoms with Gasteiger partial charge < -0.3 is 5.32 Å². The van der Waals surface area contributed by atoms with Crippen molar-refractivity contribution >= 4 is 21.9 Å². The van der Waals surface area contributed by atoms with E-state index >= 15 is 0 Å². The van der Waals surface area contributed by atoms with E-state index in [1.165, 1.54) is 13.1 Å². The van der Waals surface area contributed by atoms with E-state index in [1.807, 2.05) is 0 Å². The zero-order valence-corrected chi connectivity index (χ0v) is 10.7. The summed E-state index contributed by atoms with van der Waals surface area (Å²) in [6, 6.07) is 2.23. The molecule has 94 valence electrons. The number of hydrogen-bond donors (Lipinski definition) is 1. The third-order valence-corrected chi connectivity index (χ3v) is 2.86. The molecule has 0 amide bonds. The SMILES string of the molecule is CNc1ncc(F)c(-c2c(F)ccc(Br)c2F)n1. The smallest absolute Gasteiger partial charge is 0.223 e. The summed E-state index contributed by atoms with van der Waals surface area (Å²) in [4.78, 5) is 7.34. The molecule has 7 heteroatoms. The first-order valence-electron chi connectivity index (χ1n) is 4.88. The van der Waals surface area contributed by atoms with Crippen LogP contribution in [0.4, 0.5) is 19.1 Å². The Bertz CT molecular complexity index is 604. The molecule has 1 N–H and O–H groups in total. The lowest BCUT2D eigenvalue weighted by molar-refractivity contribution is 0.574. The molecule has 0 spiro atoms. The van der Waals surface area contributed by atoms with Gasteiger partial charge in [-0.3, -0.25) is 0 Å². The Kier molecular flexibility index (Phi) is 3.51. The van der Waals surface area contributed by atoms with E-state index in [9.17, 15) is 13.2 Å². The van der Waals surface area contributed by atoms with Crippen molar-refractivity contribution < 1.29 is 13.2 Å². The molecule has 1 aromatic carbocycles. The number of halogens is 4. The van der Waals surface area contributed by atoms with Crippen LogP contribution in [-0.4, -0.2) is 17.0 Å². The number of nitrogens with zero attached hydrogens (tertiary/aromatic N) is 2. The molecule has 0 bridgehead atoms. The van der Waals surface area contributed by atoms with Crippen molar-refractivity contribution in [3.05, 3.63) is 40.3 Å². The molecule has 1 heterocycles. The molecule has 2 aromatic rings. The molecule has 0 unspecified atom stereocenters. The lowest BCUT2D eigenvalue weighted by Gasteiger charge is -2.08. The summed E-state index contributed by atoms with van der Waals surface area (Å²) >= 11 is 2.91. The van der Waals surface area contributed by atoms with E-state index < -0.39 is 28.7 Å². The quantitative estimate of drug-likeness (QED) is 0.863. The summed E-state index contributed by atoms with van der Waals surface area (Å²) in [6.45, 7) is 0. The van der Waals surface area contributed by atoms with Crippen LogP contribution in [0.3, 0.4) is 0 Å². The van der Waals surface area contributed by atoms with Gasteiger partial charge in [0.25, 0.3) is 0 Å². The minimum atomic E-state index is -0.908. The first-order chi connectivity index (χ1) is 8.54. The molecule has 0 radical (unpaired) electrons. The molecule has 1 aromatic heterocycles. The number of anilines is 1. The highest BCUT2D eigenvalue weighted by molar-refractivity contribution is 9.10. The summed E-state index contributed by atoms with van der Waals surface area (Å²) in [7, 11) is 1.52. The predicted octanol–water partition coefficient (Wildman–Crippen LogP) is 3.37. The fraction of sp³-hybridized carbons (Fsp3) is 0.0909. The summed E-state index contributed by atoms with van der Waals surface area (Å²) in [5.74, 6) is -2.62. The number of nitrogens with one attached hydrogen (secondary N) is 1. The van der Waals surface area contributed by atoms with E-state index in [4.69, 9.17) is 0 Å². The van der Waals surface area contributed by atoms with Gasteiger partial charge in [-0.05, 0) is 28.1 Å². The van der Waals surface area contributed by atoms with Gasteiger partial charge in [-0.1, -0.05) is 0 Å². The van der Waals surface area contributed by atoms with E-state index in [1.54, 1.807) is 0 Å². The fourth-order valence-corrected chi connectivity index (χ4v) is 1.74. The molecule has 0 aliphatic rings. The first-order valence-corrected chi connectivity index (χ1v) is 5.68. The topological polar surface area (TPSA) is 37.8 Å². The zero-order valence-electron chi connectivity index (χ0n) is 9.14. The first kappa shape index (κ1) is 12.8. The highest BCUT2D eigenvalue weighted by atomic mass is 79.9. The molecule has 0 aliphatic carbocycles. The second kappa shape index (κ2) is 4.93. The second-order valence-corrected chi connectivity index (χ2v) is 4.21. The van der Waals surface area contributed by atoms with Gasteiger partial charge in [0, 0.05) is 7.05 Å². The molecule has 0 atom stereocenters. The van der Waals surface area contributed by atoms with Crippen molar-refractivity contribution in [1.82, 2.24) is 9.97 Å². The monoisotopic (exact) mass is 317 g/mol. The molecular weight excluding hydrogens is 311 g/mol. The Morgan fingerprint density at radius 3 is 2.56 bits per heavy atom. The Balaban J connectivity index is 2.72. The fourth-order valence-electron chi connectivity index (χ4n) is 1.41. The van der Waals surface area contributed by atoms with Crippen LogP contribution < -0.4 is 5.32 Å². The summed E-state index contributed by atoms with van der Waals surface area (Å²) in [5.41, 5.74) is -0.952. The van der Waals surface area contributed by atoms with Crippen LogP contribution in [0.2, 0.25) is 0 Å².